The molecule has 0 saturated heterocycles. The molecule has 4 aromatic rings. The predicted octanol–water partition coefficient (Wildman–Crippen LogP) is 1.08. The maximum Gasteiger partial charge on any atom is 0.351 e. The Labute approximate surface area is 206 Å². The number of hydrogen-bond acceptors (Lipinski definition) is 8. The Balaban J connectivity index is 1.28. The zero-order chi connectivity index (χ0) is 25.2. The maximum absolute atomic E-state index is 12.7. The largest absolute Gasteiger partial charge is 0.351 e. The summed E-state index contributed by atoms with van der Waals surface area (Å²) in [6, 6.07) is 15.4. The zero-order valence-corrected chi connectivity index (χ0v) is 20.0. The summed E-state index contributed by atoms with van der Waals surface area (Å²) in [4.78, 5) is 44.2. The maximum atomic E-state index is 12.7. The van der Waals surface area contributed by atoms with Gasteiger partial charge in [-0.25, -0.2) is 4.79 Å². The number of carbonyl (C=O) groups is 1. The molecule has 1 aliphatic rings. The van der Waals surface area contributed by atoms with E-state index in [2.05, 4.69) is 43.7 Å². The number of hydrogen-bond donors (Lipinski definition) is 1. The Hall–Kier alpha value is -4.38. The van der Waals surface area contributed by atoms with E-state index in [0.717, 1.165) is 34.3 Å². The van der Waals surface area contributed by atoms with Gasteiger partial charge < -0.3 is 9.84 Å². The summed E-state index contributed by atoms with van der Waals surface area (Å²) >= 11 is 0. The quantitative estimate of drug-likeness (QED) is 0.428. The van der Waals surface area contributed by atoms with E-state index < -0.39 is 17.2 Å². The normalized spacial score (nSPS) is 13.4. The monoisotopic (exact) mass is 487 g/mol. The second-order valence-electron chi connectivity index (χ2n) is 8.72. The molecule has 36 heavy (non-hydrogen) atoms. The van der Waals surface area contributed by atoms with Gasteiger partial charge >= 0.3 is 17.5 Å². The molecule has 0 spiro atoms. The van der Waals surface area contributed by atoms with Crippen LogP contribution in [0.1, 0.15) is 27.4 Å². The molecule has 0 aliphatic carbocycles. The lowest BCUT2D eigenvalue weighted by atomic mass is 10.00. The molecule has 1 N–H and O–H groups in total. The highest BCUT2D eigenvalue weighted by Crippen LogP contribution is 2.18. The van der Waals surface area contributed by atoms with Crippen LogP contribution in [-0.2, 0) is 20.0 Å². The third-order valence-electron chi connectivity index (χ3n) is 6.21. The molecule has 3 heterocycles. The average molecular weight is 488 g/mol. The molecule has 1 amide bonds. The summed E-state index contributed by atoms with van der Waals surface area (Å²) < 4.78 is 7.09. The SMILES string of the molecule is Cc1ccc(-n2nc(-c3noc(C(=O)NCCN4CCc5ccccc5C4)n3)c(=O)n(C)c2=O)cc1. The minimum absolute atomic E-state index is 0.172. The minimum Gasteiger partial charge on any atom is -0.347 e. The van der Waals surface area contributed by atoms with Crippen LogP contribution in [-0.4, -0.2) is 54.9 Å². The highest BCUT2D eigenvalue weighted by atomic mass is 16.5. The summed E-state index contributed by atoms with van der Waals surface area (Å²) in [6.45, 7) is 4.75. The van der Waals surface area contributed by atoms with Crippen molar-refractivity contribution in [2.24, 2.45) is 7.05 Å². The van der Waals surface area contributed by atoms with Crippen molar-refractivity contribution >= 4 is 5.91 Å². The number of nitrogens with one attached hydrogen (secondary N) is 1. The van der Waals surface area contributed by atoms with Gasteiger partial charge in [0.2, 0.25) is 5.82 Å². The molecule has 184 valence electrons. The van der Waals surface area contributed by atoms with E-state index in [4.69, 9.17) is 4.52 Å². The fourth-order valence-electron chi connectivity index (χ4n) is 4.13. The first kappa shape index (κ1) is 23.4. The van der Waals surface area contributed by atoms with E-state index in [0.29, 0.717) is 18.8 Å². The van der Waals surface area contributed by atoms with Crippen LogP contribution in [0.4, 0.5) is 0 Å². The molecular weight excluding hydrogens is 462 g/mol. The predicted molar refractivity (Wildman–Crippen MR) is 131 cm³/mol. The van der Waals surface area contributed by atoms with Gasteiger partial charge in [-0.15, -0.1) is 0 Å². The Morgan fingerprint density at radius 3 is 2.61 bits per heavy atom. The van der Waals surface area contributed by atoms with Crippen molar-refractivity contribution in [3.63, 3.8) is 0 Å². The Bertz CT molecular complexity index is 1540. The van der Waals surface area contributed by atoms with Crippen LogP contribution in [0.25, 0.3) is 17.2 Å². The molecule has 11 nitrogen and oxygen atoms in total. The smallest absolute Gasteiger partial charge is 0.347 e. The molecule has 2 aromatic carbocycles. The van der Waals surface area contributed by atoms with Crippen molar-refractivity contribution in [1.82, 2.24) is 34.7 Å². The molecule has 0 saturated carbocycles. The van der Waals surface area contributed by atoms with E-state index in [1.54, 1.807) is 12.1 Å². The van der Waals surface area contributed by atoms with Crippen LogP contribution in [0.3, 0.4) is 0 Å². The summed E-state index contributed by atoms with van der Waals surface area (Å²) in [7, 11) is 1.34. The van der Waals surface area contributed by atoms with Crippen LogP contribution in [0.5, 0.6) is 0 Å². The van der Waals surface area contributed by atoms with E-state index in [-0.39, 0.29) is 17.4 Å². The fraction of sp³-hybridized carbons (Fsp3) is 0.280. The standard InChI is InChI=1S/C25H25N7O4/c1-16-7-9-19(10-8-16)32-25(35)30(2)24(34)20(28-32)21-27-23(36-29-21)22(33)26-12-14-31-13-11-17-5-3-4-6-18(17)15-31/h3-10H,11-15H2,1-2H3,(H,26,33). The van der Waals surface area contributed by atoms with Crippen molar-refractivity contribution < 1.29 is 9.32 Å². The van der Waals surface area contributed by atoms with Gasteiger partial charge in [0, 0.05) is 33.2 Å². The van der Waals surface area contributed by atoms with E-state index >= 15 is 0 Å². The van der Waals surface area contributed by atoms with Crippen molar-refractivity contribution in [2.45, 2.75) is 19.9 Å². The number of benzene rings is 2. The lowest BCUT2D eigenvalue weighted by Crippen LogP contribution is -2.40. The van der Waals surface area contributed by atoms with E-state index in [1.807, 2.05) is 25.1 Å². The number of aromatic nitrogens is 5. The third-order valence-corrected chi connectivity index (χ3v) is 6.21. The Morgan fingerprint density at radius 2 is 1.83 bits per heavy atom. The van der Waals surface area contributed by atoms with Gasteiger partial charge in [0.1, 0.15) is 0 Å². The zero-order valence-electron chi connectivity index (χ0n) is 20.0. The molecule has 5 rings (SSSR count). The van der Waals surface area contributed by atoms with Gasteiger partial charge in [-0.05, 0) is 36.6 Å². The third kappa shape index (κ3) is 4.60. The highest BCUT2D eigenvalue weighted by Gasteiger charge is 2.22. The molecule has 11 heteroatoms. The van der Waals surface area contributed by atoms with Crippen LogP contribution < -0.4 is 16.6 Å². The lowest BCUT2D eigenvalue weighted by molar-refractivity contribution is 0.0903. The second kappa shape index (κ2) is 9.70. The van der Waals surface area contributed by atoms with Crippen LogP contribution in [0, 0.1) is 6.92 Å². The van der Waals surface area contributed by atoms with Crippen molar-refractivity contribution in [2.75, 3.05) is 19.6 Å². The first-order valence-corrected chi connectivity index (χ1v) is 11.6. The average Bonchev–Trinajstić information content (AvgIpc) is 3.38. The van der Waals surface area contributed by atoms with Gasteiger partial charge in [-0.2, -0.15) is 14.8 Å². The molecule has 0 bridgehead atoms. The van der Waals surface area contributed by atoms with Gasteiger partial charge in [0.25, 0.3) is 5.56 Å². The first-order valence-electron chi connectivity index (χ1n) is 11.6. The Morgan fingerprint density at radius 1 is 1.08 bits per heavy atom. The van der Waals surface area contributed by atoms with Crippen LogP contribution in [0.15, 0.2) is 62.6 Å². The number of nitrogens with zero attached hydrogens (tertiary/aromatic N) is 6. The summed E-state index contributed by atoms with van der Waals surface area (Å²) in [5.41, 5.74) is 2.64. The van der Waals surface area contributed by atoms with Gasteiger partial charge in [0.05, 0.1) is 5.69 Å². The van der Waals surface area contributed by atoms with Crippen LogP contribution >= 0.6 is 0 Å². The number of rotatable bonds is 6. The fourth-order valence-corrected chi connectivity index (χ4v) is 4.13. The second-order valence-corrected chi connectivity index (χ2v) is 8.72. The molecule has 2 aromatic heterocycles. The number of amides is 1. The van der Waals surface area contributed by atoms with Gasteiger partial charge in [-0.3, -0.25) is 19.1 Å². The minimum atomic E-state index is -0.693. The summed E-state index contributed by atoms with van der Waals surface area (Å²) in [5, 5.41) is 10.7. The first-order chi connectivity index (χ1) is 17.4. The van der Waals surface area contributed by atoms with Crippen molar-refractivity contribution in [3.8, 4) is 17.2 Å². The van der Waals surface area contributed by atoms with Gasteiger partial charge in [-0.1, -0.05) is 47.1 Å². The van der Waals surface area contributed by atoms with Crippen molar-refractivity contribution in [3.05, 3.63) is 92.0 Å². The molecular formula is C25H25N7O4. The number of aryl methyl sites for hydroxylation is 1. The van der Waals surface area contributed by atoms with Crippen molar-refractivity contribution in [1.29, 1.82) is 0 Å². The molecule has 0 radical (unpaired) electrons. The highest BCUT2D eigenvalue weighted by molar-refractivity contribution is 5.89. The molecule has 0 unspecified atom stereocenters. The van der Waals surface area contributed by atoms with Crippen LogP contribution in [0.2, 0.25) is 0 Å². The molecule has 1 aliphatic heterocycles. The topological polar surface area (TPSA) is 128 Å². The summed E-state index contributed by atoms with van der Waals surface area (Å²) in [6.07, 6.45) is 0.976. The van der Waals surface area contributed by atoms with Gasteiger partial charge in [0.15, 0.2) is 5.69 Å². The van der Waals surface area contributed by atoms with E-state index in [1.165, 1.54) is 18.2 Å². The Kier molecular flexibility index (Phi) is 6.30. The number of fused-ring (bicyclic) bond motifs is 1. The lowest BCUT2D eigenvalue weighted by Gasteiger charge is -2.28. The number of carbonyl (C=O) groups excluding carboxylic acids is 1. The summed E-state index contributed by atoms with van der Waals surface area (Å²) in [5.74, 6) is -1.00. The molecule has 0 fully saturated rings. The van der Waals surface area contributed by atoms with E-state index in [9.17, 15) is 14.4 Å². The molecule has 0 atom stereocenters.